The maximum Gasteiger partial charge on any atom is 0.305 e. The van der Waals surface area contributed by atoms with Crippen molar-refractivity contribution in [3.8, 4) is 6.07 Å². The number of halogens is 1. The van der Waals surface area contributed by atoms with Crippen LogP contribution in [0.15, 0.2) is 18.2 Å². The molecule has 1 rings (SSSR count). The van der Waals surface area contributed by atoms with Crippen LogP contribution in [0.3, 0.4) is 0 Å². The van der Waals surface area contributed by atoms with Crippen molar-refractivity contribution in [2.45, 2.75) is 26.3 Å². The molecule has 0 amide bonds. The lowest BCUT2D eigenvalue weighted by atomic mass is 10.1. The Labute approximate surface area is 111 Å². The van der Waals surface area contributed by atoms with Gasteiger partial charge in [-0.3, -0.25) is 4.79 Å². The Bertz CT molecular complexity index is 480. The van der Waals surface area contributed by atoms with Crippen LogP contribution in [0.5, 0.6) is 0 Å². The van der Waals surface area contributed by atoms with Crippen molar-refractivity contribution < 1.29 is 9.90 Å². The zero-order chi connectivity index (χ0) is 13.7. The first-order valence-electron chi connectivity index (χ1n) is 5.64. The molecular weight excluding hydrogens is 252 g/mol. The number of rotatable bonds is 5. The van der Waals surface area contributed by atoms with Crippen molar-refractivity contribution in [1.82, 2.24) is 0 Å². The van der Waals surface area contributed by atoms with Gasteiger partial charge in [0.1, 0.15) is 6.07 Å². The molecule has 0 atom stereocenters. The van der Waals surface area contributed by atoms with Gasteiger partial charge >= 0.3 is 5.97 Å². The SMILES string of the molecule is CC(C)N(CCC(=O)O)c1cccc(Cl)c1C#N. The maximum absolute atomic E-state index is 10.7. The number of nitrogens with zero attached hydrogens (tertiary/aromatic N) is 2. The summed E-state index contributed by atoms with van der Waals surface area (Å²) >= 11 is 5.98. The first-order valence-corrected chi connectivity index (χ1v) is 6.02. The van der Waals surface area contributed by atoms with E-state index in [9.17, 15) is 4.79 Å². The summed E-state index contributed by atoms with van der Waals surface area (Å²) in [4.78, 5) is 12.5. The van der Waals surface area contributed by atoms with Gasteiger partial charge in [0.2, 0.25) is 0 Å². The average molecular weight is 267 g/mol. The second-order valence-corrected chi connectivity index (χ2v) is 4.58. The lowest BCUT2D eigenvalue weighted by Gasteiger charge is -2.29. The Hall–Kier alpha value is -1.73. The van der Waals surface area contributed by atoms with Gasteiger partial charge in [-0.2, -0.15) is 5.26 Å². The molecule has 4 nitrogen and oxygen atoms in total. The minimum atomic E-state index is -0.860. The first-order chi connectivity index (χ1) is 8.47. The molecule has 1 aromatic rings. The van der Waals surface area contributed by atoms with E-state index >= 15 is 0 Å². The van der Waals surface area contributed by atoms with E-state index in [0.717, 1.165) is 0 Å². The van der Waals surface area contributed by atoms with Crippen molar-refractivity contribution >= 4 is 23.3 Å². The molecule has 0 unspecified atom stereocenters. The molecule has 0 fully saturated rings. The third-order valence-corrected chi connectivity index (χ3v) is 2.92. The number of benzene rings is 1. The number of aliphatic carboxylic acids is 1. The highest BCUT2D eigenvalue weighted by Crippen LogP contribution is 2.28. The molecule has 0 aliphatic rings. The minimum absolute atomic E-state index is 0.0234. The normalized spacial score (nSPS) is 10.2. The number of anilines is 1. The quantitative estimate of drug-likeness (QED) is 0.890. The molecule has 0 aliphatic heterocycles. The van der Waals surface area contributed by atoms with E-state index in [2.05, 4.69) is 6.07 Å². The minimum Gasteiger partial charge on any atom is -0.481 e. The molecule has 0 heterocycles. The van der Waals surface area contributed by atoms with Crippen LogP contribution in [-0.2, 0) is 4.79 Å². The number of hydrogen-bond acceptors (Lipinski definition) is 3. The second-order valence-electron chi connectivity index (χ2n) is 4.18. The van der Waals surface area contributed by atoms with Crippen LogP contribution in [-0.4, -0.2) is 23.7 Å². The third kappa shape index (κ3) is 3.38. The number of carboxylic acid groups (broad SMARTS) is 1. The lowest BCUT2D eigenvalue weighted by molar-refractivity contribution is -0.136. The highest BCUT2D eigenvalue weighted by Gasteiger charge is 2.17. The van der Waals surface area contributed by atoms with Gasteiger partial charge in [0.25, 0.3) is 0 Å². The summed E-state index contributed by atoms with van der Waals surface area (Å²) in [5.41, 5.74) is 1.07. The Morgan fingerprint density at radius 1 is 1.56 bits per heavy atom. The fourth-order valence-electron chi connectivity index (χ4n) is 1.74. The predicted octanol–water partition coefficient (Wildman–Crippen LogP) is 2.90. The lowest BCUT2D eigenvalue weighted by Crippen LogP contribution is -2.33. The van der Waals surface area contributed by atoms with Crippen LogP contribution >= 0.6 is 11.6 Å². The van der Waals surface area contributed by atoms with E-state index in [-0.39, 0.29) is 12.5 Å². The molecule has 0 radical (unpaired) electrons. The van der Waals surface area contributed by atoms with Crippen molar-refractivity contribution in [1.29, 1.82) is 5.26 Å². The predicted molar refractivity (Wildman–Crippen MR) is 70.9 cm³/mol. The number of carboxylic acids is 1. The average Bonchev–Trinajstić information content (AvgIpc) is 2.28. The van der Waals surface area contributed by atoms with Gasteiger partial charge in [-0.05, 0) is 26.0 Å². The molecule has 1 N–H and O–H groups in total. The summed E-state index contributed by atoms with van der Waals surface area (Å²) in [6, 6.07) is 7.35. The fourth-order valence-corrected chi connectivity index (χ4v) is 1.95. The zero-order valence-electron chi connectivity index (χ0n) is 10.4. The topological polar surface area (TPSA) is 64.3 Å². The zero-order valence-corrected chi connectivity index (χ0v) is 11.1. The fraction of sp³-hybridized carbons (Fsp3) is 0.385. The maximum atomic E-state index is 10.7. The van der Waals surface area contributed by atoms with Crippen molar-refractivity contribution in [2.75, 3.05) is 11.4 Å². The molecular formula is C13H15ClN2O2. The summed E-state index contributed by atoms with van der Waals surface area (Å²) in [6.07, 6.45) is 0.0234. The summed E-state index contributed by atoms with van der Waals surface area (Å²) in [7, 11) is 0. The second kappa shape index (κ2) is 6.27. The van der Waals surface area contributed by atoms with E-state index in [1.807, 2.05) is 18.7 Å². The van der Waals surface area contributed by atoms with Gasteiger partial charge in [0.05, 0.1) is 22.7 Å². The van der Waals surface area contributed by atoms with Crippen LogP contribution in [0.1, 0.15) is 25.8 Å². The molecule has 0 aromatic heterocycles. The summed E-state index contributed by atoms with van der Waals surface area (Å²) in [6.45, 7) is 4.25. The van der Waals surface area contributed by atoms with Gasteiger partial charge in [-0.25, -0.2) is 0 Å². The Kier molecular flexibility index (Phi) is 4.99. The summed E-state index contributed by atoms with van der Waals surface area (Å²) in [5.74, 6) is -0.860. The van der Waals surface area contributed by atoms with Gasteiger partial charge in [-0.1, -0.05) is 17.7 Å². The standard InChI is InChI=1S/C13H15ClN2O2/c1-9(2)16(7-6-13(17)18)12-5-3-4-11(14)10(12)8-15/h3-5,9H,6-7H2,1-2H3,(H,17,18). The van der Waals surface area contributed by atoms with Crippen molar-refractivity contribution in [3.05, 3.63) is 28.8 Å². The van der Waals surface area contributed by atoms with E-state index in [0.29, 0.717) is 22.8 Å². The van der Waals surface area contributed by atoms with Crippen molar-refractivity contribution in [2.24, 2.45) is 0 Å². The van der Waals surface area contributed by atoms with E-state index in [4.69, 9.17) is 22.0 Å². The van der Waals surface area contributed by atoms with Crippen LogP contribution in [0.4, 0.5) is 5.69 Å². The Balaban J connectivity index is 3.10. The number of nitriles is 1. The summed E-state index contributed by atoms with van der Waals surface area (Å²) in [5, 5.41) is 18.3. The van der Waals surface area contributed by atoms with Gasteiger partial charge in [0.15, 0.2) is 0 Å². The Morgan fingerprint density at radius 3 is 2.72 bits per heavy atom. The highest BCUT2D eigenvalue weighted by atomic mass is 35.5. The van der Waals surface area contributed by atoms with Gasteiger partial charge in [-0.15, -0.1) is 0 Å². The van der Waals surface area contributed by atoms with Crippen LogP contribution in [0.2, 0.25) is 5.02 Å². The molecule has 18 heavy (non-hydrogen) atoms. The molecule has 0 saturated carbocycles. The first kappa shape index (κ1) is 14.3. The number of hydrogen-bond donors (Lipinski definition) is 1. The van der Waals surface area contributed by atoms with Gasteiger partial charge < -0.3 is 10.0 Å². The smallest absolute Gasteiger partial charge is 0.305 e. The van der Waals surface area contributed by atoms with E-state index in [1.54, 1.807) is 18.2 Å². The van der Waals surface area contributed by atoms with Crippen LogP contribution in [0.25, 0.3) is 0 Å². The molecule has 0 aliphatic carbocycles. The largest absolute Gasteiger partial charge is 0.481 e. The van der Waals surface area contributed by atoms with Crippen LogP contribution < -0.4 is 4.90 Å². The molecule has 0 saturated heterocycles. The molecule has 5 heteroatoms. The van der Waals surface area contributed by atoms with Gasteiger partial charge in [0, 0.05) is 12.6 Å². The molecule has 0 bridgehead atoms. The number of carbonyl (C=O) groups is 1. The van der Waals surface area contributed by atoms with E-state index < -0.39 is 5.97 Å². The van der Waals surface area contributed by atoms with E-state index in [1.165, 1.54) is 0 Å². The molecule has 1 aromatic carbocycles. The van der Waals surface area contributed by atoms with Crippen molar-refractivity contribution in [3.63, 3.8) is 0 Å². The molecule has 96 valence electrons. The molecule has 0 spiro atoms. The Morgan fingerprint density at radius 2 is 2.22 bits per heavy atom. The summed E-state index contributed by atoms with van der Waals surface area (Å²) < 4.78 is 0. The highest BCUT2D eigenvalue weighted by molar-refractivity contribution is 6.32. The van der Waals surface area contributed by atoms with Crippen LogP contribution in [0, 0.1) is 11.3 Å². The third-order valence-electron chi connectivity index (χ3n) is 2.60. The monoisotopic (exact) mass is 266 g/mol.